The van der Waals surface area contributed by atoms with Gasteiger partial charge in [-0.15, -0.1) is 0 Å². The van der Waals surface area contributed by atoms with Crippen molar-refractivity contribution in [3.63, 3.8) is 0 Å². The number of halogens is 1. The Morgan fingerprint density at radius 2 is 1.88 bits per heavy atom. The van der Waals surface area contributed by atoms with Crippen molar-refractivity contribution in [1.82, 2.24) is 0 Å². The highest BCUT2D eigenvalue weighted by atomic mass is 35.5. The Hall–Kier alpha value is -3.87. The van der Waals surface area contributed by atoms with E-state index in [0.29, 0.717) is 10.6 Å². The molecule has 0 saturated heterocycles. The van der Waals surface area contributed by atoms with E-state index in [0.717, 1.165) is 46.8 Å². The molecule has 4 heteroatoms. The van der Waals surface area contributed by atoms with E-state index in [1.807, 2.05) is 36.4 Å². The van der Waals surface area contributed by atoms with E-state index in [9.17, 15) is 10.1 Å². The van der Waals surface area contributed by atoms with E-state index in [2.05, 4.69) is 37.3 Å². The van der Waals surface area contributed by atoms with Gasteiger partial charge in [-0.25, -0.2) is 4.79 Å². The first-order chi connectivity index (χ1) is 16.0. The van der Waals surface area contributed by atoms with Gasteiger partial charge < -0.3 is 5.11 Å². The van der Waals surface area contributed by atoms with Crippen LogP contribution in [0.1, 0.15) is 46.7 Å². The zero-order chi connectivity index (χ0) is 23.4. The smallest absolute Gasteiger partial charge is 0.328 e. The maximum Gasteiger partial charge on any atom is 0.328 e. The molecular formula is C29H22ClNO2. The zero-order valence-corrected chi connectivity index (χ0v) is 18.9. The van der Waals surface area contributed by atoms with Crippen LogP contribution in [0.2, 0.25) is 5.02 Å². The van der Waals surface area contributed by atoms with E-state index >= 15 is 0 Å². The molecule has 0 saturated carbocycles. The summed E-state index contributed by atoms with van der Waals surface area (Å²) in [4.78, 5) is 10.9. The van der Waals surface area contributed by atoms with E-state index in [1.165, 1.54) is 16.7 Å². The summed E-state index contributed by atoms with van der Waals surface area (Å²) < 4.78 is 0. The SMILES string of the molecule is CC/C(=C(\C1=Cc2ccccc2C1)c1ccc(/C=C/C(=O)O)cc1)c1ccc(C#N)cc1Cl. The van der Waals surface area contributed by atoms with Crippen molar-refractivity contribution < 1.29 is 9.90 Å². The molecule has 0 aliphatic heterocycles. The second-order valence-corrected chi connectivity index (χ2v) is 8.26. The highest BCUT2D eigenvalue weighted by Crippen LogP contribution is 2.41. The number of nitriles is 1. The Labute approximate surface area is 198 Å². The molecule has 1 aliphatic carbocycles. The van der Waals surface area contributed by atoms with Crippen molar-refractivity contribution in [3.8, 4) is 6.07 Å². The summed E-state index contributed by atoms with van der Waals surface area (Å²) in [7, 11) is 0. The molecule has 33 heavy (non-hydrogen) atoms. The molecule has 0 heterocycles. The average molecular weight is 452 g/mol. The zero-order valence-electron chi connectivity index (χ0n) is 18.2. The normalized spacial score (nSPS) is 13.3. The summed E-state index contributed by atoms with van der Waals surface area (Å²) in [6.07, 6.45) is 6.53. The number of carbonyl (C=O) groups is 1. The summed E-state index contributed by atoms with van der Waals surface area (Å²) in [6, 6.07) is 23.8. The third-order valence-corrected chi connectivity index (χ3v) is 6.10. The van der Waals surface area contributed by atoms with Crippen molar-refractivity contribution in [2.75, 3.05) is 0 Å². The second kappa shape index (κ2) is 9.73. The lowest BCUT2D eigenvalue weighted by Crippen LogP contribution is -1.98. The first kappa shape index (κ1) is 22.3. The summed E-state index contributed by atoms with van der Waals surface area (Å²) in [5, 5.41) is 18.7. The Morgan fingerprint density at radius 1 is 1.12 bits per heavy atom. The number of aliphatic carboxylic acids is 1. The number of fused-ring (bicyclic) bond motifs is 1. The van der Waals surface area contributed by atoms with Gasteiger partial charge in [-0.1, -0.05) is 79.2 Å². The van der Waals surface area contributed by atoms with Gasteiger partial charge in [0.1, 0.15) is 0 Å². The van der Waals surface area contributed by atoms with E-state index in [4.69, 9.17) is 16.7 Å². The van der Waals surface area contributed by atoms with Crippen LogP contribution < -0.4 is 0 Å². The predicted molar refractivity (Wildman–Crippen MR) is 135 cm³/mol. The molecule has 162 valence electrons. The van der Waals surface area contributed by atoms with Gasteiger partial charge in [-0.3, -0.25) is 0 Å². The molecule has 0 aromatic heterocycles. The maximum absolute atomic E-state index is 10.9. The van der Waals surface area contributed by atoms with E-state index in [-0.39, 0.29) is 0 Å². The van der Waals surface area contributed by atoms with Crippen LogP contribution in [0.5, 0.6) is 0 Å². The molecule has 3 nitrogen and oxygen atoms in total. The van der Waals surface area contributed by atoms with Crippen LogP contribution in [0.4, 0.5) is 0 Å². The molecule has 0 radical (unpaired) electrons. The molecule has 1 aliphatic rings. The second-order valence-electron chi connectivity index (χ2n) is 7.85. The van der Waals surface area contributed by atoms with Gasteiger partial charge in [-0.05, 0) is 75.6 Å². The lowest BCUT2D eigenvalue weighted by Gasteiger charge is -2.18. The van der Waals surface area contributed by atoms with Gasteiger partial charge in [0.05, 0.1) is 11.6 Å². The van der Waals surface area contributed by atoms with Crippen molar-refractivity contribution in [1.29, 1.82) is 5.26 Å². The fourth-order valence-electron chi connectivity index (χ4n) is 4.25. The molecule has 0 amide bonds. The van der Waals surface area contributed by atoms with Crippen LogP contribution >= 0.6 is 11.6 Å². The number of hydrogen-bond acceptors (Lipinski definition) is 2. The number of nitrogens with zero attached hydrogens (tertiary/aromatic N) is 1. The average Bonchev–Trinajstić information content (AvgIpc) is 3.25. The molecule has 0 spiro atoms. The standard InChI is InChI=1S/C29H22ClNO2/c1-2-25(26-13-9-20(18-31)15-27(26)30)29(24-16-22-5-3-4-6-23(22)17-24)21-11-7-19(8-12-21)10-14-28(32)33/h3-16H,2,17H2,1H3,(H,32,33)/b14-10+,29-25+. The maximum atomic E-state index is 10.9. The first-order valence-electron chi connectivity index (χ1n) is 10.7. The van der Waals surface area contributed by atoms with Crippen LogP contribution in [0.15, 0.2) is 78.4 Å². The van der Waals surface area contributed by atoms with E-state index < -0.39 is 5.97 Å². The molecular weight excluding hydrogens is 430 g/mol. The van der Waals surface area contributed by atoms with Crippen LogP contribution in [-0.4, -0.2) is 11.1 Å². The minimum absolute atomic E-state index is 0.530. The predicted octanol–water partition coefficient (Wildman–Crippen LogP) is 7.27. The Kier molecular flexibility index (Phi) is 6.58. The number of hydrogen-bond donors (Lipinski definition) is 1. The topological polar surface area (TPSA) is 61.1 Å². The minimum atomic E-state index is -0.975. The van der Waals surface area contributed by atoms with Gasteiger partial charge in [0.15, 0.2) is 0 Å². The minimum Gasteiger partial charge on any atom is -0.478 e. The van der Waals surface area contributed by atoms with Crippen molar-refractivity contribution >= 4 is 40.9 Å². The highest BCUT2D eigenvalue weighted by Gasteiger charge is 2.21. The molecule has 1 N–H and O–H groups in total. The Balaban J connectivity index is 1.88. The van der Waals surface area contributed by atoms with Gasteiger partial charge in [0.25, 0.3) is 0 Å². The van der Waals surface area contributed by atoms with Gasteiger partial charge in [-0.2, -0.15) is 5.26 Å². The Bertz CT molecular complexity index is 1360. The lowest BCUT2D eigenvalue weighted by molar-refractivity contribution is -0.131. The molecule has 3 aromatic rings. The quantitative estimate of drug-likeness (QED) is 0.316. The summed E-state index contributed by atoms with van der Waals surface area (Å²) in [5.41, 5.74) is 9.24. The summed E-state index contributed by atoms with van der Waals surface area (Å²) in [6.45, 7) is 2.11. The Morgan fingerprint density at radius 3 is 2.52 bits per heavy atom. The summed E-state index contributed by atoms with van der Waals surface area (Å²) in [5.74, 6) is -0.975. The van der Waals surface area contributed by atoms with Crippen LogP contribution in [0.3, 0.4) is 0 Å². The first-order valence-corrected chi connectivity index (χ1v) is 11.1. The molecule has 4 rings (SSSR count). The van der Waals surface area contributed by atoms with Crippen molar-refractivity contribution in [3.05, 3.63) is 117 Å². The number of carboxylic acids is 1. The monoisotopic (exact) mass is 451 g/mol. The van der Waals surface area contributed by atoms with Gasteiger partial charge in [0.2, 0.25) is 0 Å². The largest absolute Gasteiger partial charge is 0.478 e. The molecule has 0 unspecified atom stereocenters. The van der Waals surface area contributed by atoms with Gasteiger partial charge >= 0.3 is 5.97 Å². The van der Waals surface area contributed by atoms with Crippen LogP contribution in [0, 0.1) is 11.3 Å². The number of benzene rings is 3. The third-order valence-electron chi connectivity index (χ3n) is 5.78. The van der Waals surface area contributed by atoms with Crippen molar-refractivity contribution in [2.45, 2.75) is 19.8 Å². The number of rotatable bonds is 6. The fraction of sp³-hybridized carbons (Fsp3) is 0.103. The lowest BCUT2D eigenvalue weighted by atomic mass is 9.86. The van der Waals surface area contributed by atoms with Gasteiger partial charge in [0, 0.05) is 11.1 Å². The third kappa shape index (κ3) is 4.82. The van der Waals surface area contributed by atoms with Crippen LogP contribution in [-0.2, 0) is 11.2 Å². The molecule has 3 aromatic carbocycles. The summed E-state index contributed by atoms with van der Waals surface area (Å²) >= 11 is 6.64. The van der Waals surface area contributed by atoms with Crippen molar-refractivity contribution in [2.24, 2.45) is 0 Å². The fourth-order valence-corrected chi connectivity index (χ4v) is 4.55. The highest BCUT2D eigenvalue weighted by molar-refractivity contribution is 6.33. The van der Waals surface area contributed by atoms with E-state index in [1.54, 1.807) is 18.2 Å². The molecule has 0 bridgehead atoms. The van der Waals surface area contributed by atoms with Crippen LogP contribution in [0.25, 0.3) is 23.3 Å². The number of allylic oxidation sites excluding steroid dienone is 3. The molecule has 0 atom stereocenters. The molecule has 0 fully saturated rings. The number of carboxylic acid groups (broad SMARTS) is 1.